The number of para-hydroxylation sites is 1. The molecule has 0 radical (unpaired) electrons. The average molecular weight is 510 g/mol. The van der Waals surface area contributed by atoms with Gasteiger partial charge in [0, 0.05) is 30.5 Å². The zero-order chi connectivity index (χ0) is 27.0. The summed E-state index contributed by atoms with van der Waals surface area (Å²) in [4.78, 5) is 38.0. The lowest BCUT2D eigenvalue weighted by molar-refractivity contribution is -0.127. The molecular weight excluding hydrogens is 470 g/mol. The van der Waals surface area contributed by atoms with E-state index in [4.69, 9.17) is 4.74 Å². The minimum absolute atomic E-state index is 0.194. The van der Waals surface area contributed by atoms with Crippen LogP contribution in [-0.4, -0.2) is 46.7 Å². The lowest BCUT2D eigenvalue weighted by atomic mass is 9.83. The maximum Gasteiger partial charge on any atom is 0.407 e. The van der Waals surface area contributed by atoms with E-state index in [1.165, 1.54) is 0 Å². The van der Waals surface area contributed by atoms with Gasteiger partial charge in [-0.2, -0.15) is 5.26 Å². The second kappa shape index (κ2) is 12.6. The summed E-state index contributed by atoms with van der Waals surface area (Å²) in [7, 11) is 1.86. The molecule has 1 aromatic carbocycles. The maximum absolute atomic E-state index is 13.1. The second-order valence-corrected chi connectivity index (χ2v) is 10.7. The van der Waals surface area contributed by atoms with Crippen LogP contribution in [0.15, 0.2) is 30.3 Å². The predicted octanol–water partition coefficient (Wildman–Crippen LogP) is 4.17. The number of nitrogens with zero attached hydrogens (tertiary/aromatic N) is 2. The molecule has 1 heterocycles. The number of ether oxygens (including phenoxy) is 1. The maximum atomic E-state index is 13.1. The number of aryl methyl sites for hydroxylation is 1. The van der Waals surface area contributed by atoms with E-state index in [2.05, 4.69) is 22.0 Å². The van der Waals surface area contributed by atoms with Gasteiger partial charge in [-0.3, -0.25) is 9.59 Å². The van der Waals surface area contributed by atoms with Gasteiger partial charge in [0.15, 0.2) is 0 Å². The van der Waals surface area contributed by atoms with E-state index >= 15 is 0 Å². The van der Waals surface area contributed by atoms with E-state index in [0.29, 0.717) is 37.9 Å². The number of aromatic nitrogens is 1. The van der Waals surface area contributed by atoms with Gasteiger partial charge in [-0.25, -0.2) is 4.79 Å². The number of fused-ring (bicyclic) bond motifs is 1. The number of carbonyl (C=O) groups is 3. The standard InChI is InChI=1S/C28H39N5O4/c1-28(2,3)37-27(36)30-16-10-9-12-20(18-29)31-25(34)21-13-6-7-14-22(21)32-26(35)24-17-19-11-5-8-15-23(19)33(24)4/h5,8,11,15,17,20-22H,6-7,9-10,12-14,16H2,1-4H3,(H,30,36)(H,31,34)(H,32,35). The number of rotatable bonds is 9. The Morgan fingerprint density at radius 1 is 1.16 bits per heavy atom. The fourth-order valence-electron chi connectivity index (χ4n) is 4.79. The number of alkyl carbamates (subject to hydrolysis) is 1. The number of hydrogen-bond donors (Lipinski definition) is 3. The van der Waals surface area contributed by atoms with E-state index in [1.807, 2.05) is 41.9 Å². The summed E-state index contributed by atoms with van der Waals surface area (Å²) in [6, 6.07) is 11.0. The smallest absolute Gasteiger partial charge is 0.407 e. The summed E-state index contributed by atoms with van der Waals surface area (Å²) in [6.45, 7) is 5.85. The van der Waals surface area contributed by atoms with Crippen molar-refractivity contribution in [2.75, 3.05) is 6.54 Å². The monoisotopic (exact) mass is 509 g/mol. The molecule has 0 bridgehead atoms. The molecule has 9 nitrogen and oxygen atoms in total. The zero-order valence-corrected chi connectivity index (χ0v) is 22.3. The van der Waals surface area contributed by atoms with Gasteiger partial charge in [0.05, 0.1) is 12.0 Å². The third-order valence-corrected chi connectivity index (χ3v) is 6.66. The van der Waals surface area contributed by atoms with Gasteiger partial charge in [-0.05, 0) is 65.0 Å². The van der Waals surface area contributed by atoms with Crippen LogP contribution in [0.2, 0.25) is 0 Å². The highest BCUT2D eigenvalue weighted by atomic mass is 16.6. The van der Waals surface area contributed by atoms with Crippen molar-refractivity contribution in [1.82, 2.24) is 20.5 Å². The molecule has 1 fully saturated rings. The third-order valence-electron chi connectivity index (χ3n) is 6.66. The van der Waals surface area contributed by atoms with E-state index in [9.17, 15) is 19.6 Å². The molecule has 3 amide bonds. The van der Waals surface area contributed by atoms with Crippen molar-refractivity contribution in [1.29, 1.82) is 5.26 Å². The van der Waals surface area contributed by atoms with Crippen LogP contribution in [-0.2, 0) is 16.6 Å². The van der Waals surface area contributed by atoms with Crippen molar-refractivity contribution in [3.63, 3.8) is 0 Å². The first-order chi connectivity index (χ1) is 17.6. The molecule has 1 saturated carbocycles. The molecule has 200 valence electrons. The average Bonchev–Trinajstić information content (AvgIpc) is 3.19. The number of amides is 3. The van der Waals surface area contributed by atoms with E-state index in [0.717, 1.165) is 30.2 Å². The van der Waals surface area contributed by atoms with Gasteiger partial charge in [-0.15, -0.1) is 0 Å². The Morgan fingerprint density at radius 2 is 1.89 bits per heavy atom. The topological polar surface area (TPSA) is 125 Å². The first-order valence-electron chi connectivity index (χ1n) is 13.1. The number of nitriles is 1. The molecule has 1 aliphatic carbocycles. The minimum Gasteiger partial charge on any atom is -0.444 e. The summed E-state index contributed by atoms with van der Waals surface area (Å²) in [5, 5.41) is 19.2. The highest BCUT2D eigenvalue weighted by Crippen LogP contribution is 2.26. The minimum atomic E-state index is -0.620. The van der Waals surface area contributed by atoms with Crippen LogP contribution in [0.5, 0.6) is 0 Å². The SMILES string of the molecule is Cn1c(C(=O)NC2CCCCC2C(=O)NC(C#N)CCCCNC(=O)OC(C)(C)C)cc2ccccc21. The normalized spacial score (nSPS) is 18.5. The Labute approximate surface area is 218 Å². The van der Waals surface area contributed by atoms with Crippen molar-refractivity contribution in [2.24, 2.45) is 13.0 Å². The van der Waals surface area contributed by atoms with Gasteiger partial charge < -0.3 is 25.3 Å². The molecule has 0 saturated heterocycles. The zero-order valence-electron chi connectivity index (χ0n) is 22.3. The van der Waals surface area contributed by atoms with Crippen LogP contribution in [0.25, 0.3) is 10.9 Å². The summed E-state index contributed by atoms with van der Waals surface area (Å²) in [6.07, 6.45) is 4.60. The molecule has 1 aromatic heterocycles. The third kappa shape index (κ3) is 7.97. The van der Waals surface area contributed by atoms with E-state index < -0.39 is 17.7 Å². The molecule has 3 atom stereocenters. The lowest BCUT2D eigenvalue weighted by Gasteiger charge is -2.31. The van der Waals surface area contributed by atoms with Crippen LogP contribution < -0.4 is 16.0 Å². The van der Waals surface area contributed by atoms with Gasteiger partial charge in [0.25, 0.3) is 5.91 Å². The fourth-order valence-corrected chi connectivity index (χ4v) is 4.79. The van der Waals surface area contributed by atoms with Crippen LogP contribution in [0.1, 0.15) is 76.2 Å². The number of nitrogens with one attached hydrogen (secondary N) is 3. The molecule has 3 rings (SSSR count). The quantitative estimate of drug-likeness (QED) is 0.438. The van der Waals surface area contributed by atoms with Gasteiger partial charge in [-0.1, -0.05) is 31.0 Å². The first kappa shape index (κ1) is 28.0. The predicted molar refractivity (Wildman–Crippen MR) is 142 cm³/mol. The van der Waals surface area contributed by atoms with E-state index in [1.54, 1.807) is 20.8 Å². The van der Waals surface area contributed by atoms with Crippen LogP contribution in [0.4, 0.5) is 4.79 Å². The molecule has 37 heavy (non-hydrogen) atoms. The molecule has 3 N–H and O–H groups in total. The van der Waals surface area contributed by atoms with Crippen molar-refractivity contribution in [3.05, 3.63) is 36.0 Å². The van der Waals surface area contributed by atoms with Crippen molar-refractivity contribution in [3.8, 4) is 6.07 Å². The van der Waals surface area contributed by atoms with Crippen molar-refractivity contribution < 1.29 is 19.1 Å². The second-order valence-electron chi connectivity index (χ2n) is 10.7. The van der Waals surface area contributed by atoms with Crippen LogP contribution in [0.3, 0.4) is 0 Å². The number of carbonyl (C=O) groups excluding carboxylic acids is 3. The summed E-state index contributed by atoms with van der Waals surface area (Å²) in [5.41, 5.74) is 0.982. The molecule has 0 aliphatic heterocycles. The first-order valence-corrected chi connectivity index (χ1v) is 13.1. The van der Waals surface area contributed by atoms with Crippen molar-refractivity contribution >= 4 is 28.8 Å². The van der Waals surface area contributed by atoms with Gasteiger partial charge in [0.1, 0.15) is 17.3 Å². The molecule has 0 spiro atoms. The Bertz CT molecular complexity index is 1140. The summed E-state index contributed by atoms with van der Waals surface area (Å²) < 4.78 is 7.07. The van der Waals surface area contributed by atoms with Crippen molar-refractivity contribution in [2.45, 2.75) is 83.4 Å². The highest BCUT2D eigenvalue weighted by Gasteiger charge is 2.33. The number of benzene rings is 1. The van der Waals surface area contributed by atoms with Gasteiger partial charge >= 0.3 is 6.09 Å². The molecule has 9 heteroatoms. The fraction of sp³-hybridized carbons (Fsp3) is 0.571. The Balaban J connectivity index is 1.50. The lowest BCUT2D eigenvalue weighted by Crippen LogP contribution is -2.50. The summed E-state index contributed by atoms with van der Waals surface area (Å²) >= 11 is 0. The van der Waals surface area contributed by atoms with E-state index in [-0.39, 0.29) is 23.8 Å². The van der Waals surface area contributed by atoms with Crippen LogP contribution in [0, 0.1) is 17.2 Å². The number of hydrogen-bond acceptors (Lipinski definition) is 5. The Hall–Kier alpha value is -3.54. The number of unbranched alkanes of at least 4 members (excludes halogenated alkanes) is 1. The molecule has 3 unspecified atom stereocenters. The Kier molecular flexibility index (Phi) is 9.56. The van der Waals surface area contributed by atoms with Gasteiger partial charge in [0.2, 0.25) is 5.91 Å². The largest absolute Gasteiger partial charge is 0.444 e. The molecular formula is C28H39N5O4. The summed E-state index contributed by atoms with van der Waals surface area (Å²) in [5.74, 6) is -0.768. The molecule has 1 aliphatic rings. The molecule has 2 aromatic rings. The highest BCUT2D eigenvalue weighted by molar-refractivity contribution is 5.99. The van der Waals surface area contributed by atoms with Crippen LogP contribution >= 0.6 is 0 Å². The Morgan fingerprint density at radius 3 is 2.59 bits per heavy atom.